The summed E-state index contributed by atoms with van der Waals surface area (Å²) in [5.41, 5.74) is 3.78. The van der Waals surface area contributed by atoms with Gasteiger partial charge in [-0.25, -0.2) is 9.97 Å². The van der Waals surface area contributed by atoms with Gasteiger partial charge in [-0.05, 0) is 27.4 Å². The molecule has 100 valence electrons. The molecule has 0 aliphatic rings. The summed E-state index contributed by atoms with van der Waals surface area (Å²) < 4.78 is 0.776. The molecular weight excluding hydrogens is 324 g/mol. The first-order valence-electron chi connectivity index (χ1n) is 6.73. The van der Waals surface area contributed by atoms with Gasteiger partial charge in [-0.3, -0.25) is 0 Å². The van der Waals surface area contributed by atoms with Gasteiger partial charge >= 0.3 is 0 Å². The fraction of sp³-hybridized carbons (Fsp3) is 0. The van der Waals surface area contributed by atoms with Crippen LogP contribution in [0.2, 0.25) is 0 Å². The highest BCUT2D eigenvalue weighted by Crippen LogP contribution is 2.30. The first kappa shape index (κ1) is 12.5. The maximum absolute atomic E-state index is 4.79. The third-order valence-electron chi connectivity index (χ3n) is 3.56. The van der Waals surface area contributed by atoms with E-state index in [1.54, 1.807) is 0 Å². The highest BCUT2D eigenvalue weighted by atomic mass is 79.9. The zero-order chi connectivity index (χ0) is 14.2. The van der Waals surface area contributed by atoms with Crippen molar-refractivity contribution in [3.8, 4) is 11.3 Å². The van der Waals surface area contributed by atoms with Crippen LogP contribution in [0, 0.1) is 0 Å². The maximum atomic E-state index is 4.79. The minimum atomic E-state index is 0.776. The quantitative estimate of drug-likeness (QED) is 0.446. The molecule has 3 heteroatoms. The van der Waals surface area contributed by atoms with Crippen molar-refractivity contribution in [2.24, 2.45) is 0 Å². The van der Waals surface area contributed by atoms with Gasteiger partial charge in [0.2, 0.25) is 0 Å². The molecular formula is C18H11BrN2. The molecule has 21 heavy (non-hydrogen) atoms. The molecule has 4 aromatic rings. The lowest BCUT2D eigenvalue weighted by atomic mass is 10.1. The fourth-order valence-electron chi connectivity index (χ4n) is 2.55. The van der Waals surface area contributed by atoms with Crippen LogP contribution in [0.5, 0.6) is 0 Å². The minimum Gasteiger partial charge on any atom is -0.243 e. The van der Waals surface area contributed by atoms with Crippen molar-refractivity contribution in [3.05, 3.63) is 71.3 Å². The van der Waals surface area contributed by atoms with Crippen molar-refractivity contribution in [1.82, 2.24) is 9.97 Å². The van der Waals surface area contributed by atoms with E-state index in [9.17, 15) is 0 Å². The Bertz CT molecular complexity index is 949. The number of aromatic nitrogens is 2. The molecule has 0 bridgehead atoms. The Morgan fingerprint density at radius 1 is 0.714 bits per heavy atom. The van der Waals surface area contributed by atoms with E-state index >= 15 is 0 Å². The second-order valence-electron chi connectivity index (χ2n) is 4.88. The van der Waals surface area contributed by atoms with Gasteiger partial charge < -0.3 is 0 Å². The predicted octanol–water partition coefficient (Wildman–Crippen LogP) is 5.21. The second-order valence-corrected chi connectivity index (χ2v) is 5.63. The molecule has 0 fully saturated rings. The molecule has 0 saturated carbocycles. The molecule has 0 unspecified atom stereocenters. The van der Waals surface area contributed by atoms with Crippen LogP contribution in [0.3, 0.4) is 0 Å². The number of benzene rings is 3. The van der Waals surface area contributed by atoms with Crippen molar-refractivity contribution < 1.29 is 0 Å². The third kappa shape index (κ3) is 2.10. The van der Waals surface area contributed by atoms with Crippen molar-refractivity contribution in [2.45, 2.75) is 0 Å². The van der Waals surface area contributed by atoms with Crippen molar-refractivity contribution >= 4 is 37.7 Å². The number of nitrogens with zero attached hydrogens (tertiary/aromatic N) is 2. The lowest BCUT2D eigenvalue weighted by molar-refractivity contribution is 1.26. The molecule has 1 aromatic heterocycles. The predicted molar refractivity (Wildman–Crippen MR) is 90.2 cm³/mol. The van der Waals surface area contributed by atoms with Crippen molar-refractivity contribution in [2.75, 3.05) is 0 Å². The SMILES string of the molecule is Brc1nc2c(ccc3ccccc32)nc1-c1ccccc1. The Kier molecular flexibility index (Phi) is 2.93. The average Bonchev–Trinajstić information content (AvgIpc) is 2.55. The zero-order valence-electron chi connectivity index (χ0n) is 11.1. The van der Waals surface area contributed by atoms with Gasteiger partial charge in [0, 0.05) is 10.9 Å². The van der Waals surface area contributed by atoms with Crippen LogP contribution >= 0.6 is 15.9 Å². The lowest BCUT2D eigenvalue weighted by Gasteiger charge is -2.07. The summed E-state index contributed by atoms with van der Waals surface area (Å²) in [5, 5.41) is 2.31. The summed E-state index contributed by atoms with van der Waals surface area (Å²) in [4.78, 5) is 9.52. The van der Waals surface area contributed by atoms with Crippen molar-refractivity contribution in [1.29, 1.82) is 0 Å². The number of hydrogen-bond acceptors (Lipinski definition) is 2. The van der Waals surface area contributed by atoms with E-state index in [1.807, 2.05) is 48.5 Å². The summed E-state index contributed by atoms with van der Waals surface area (Å²) in [6.45, 7) is 0. The summed E-state index contributed by atoms with van der Waals surface area (Å²) >= 11 is 3.57. The normalized spacial score (nSPS) is 11.1. The van der Waals surface area contributed by atoms with E-state index in [0.29, 0.717) is 0 Å². The minimum absolute atomic E-state index is 0.776. The maximum Gasteiger partial charge on any atom is 0.133 e. The molecule has 3 aromatic carbocycles. The monoisotopic (exact) mass is 334 g/mol. The van der Waals surface area contributed by atoms with E-state index in [0.717, 1.165) is 32.3 Å². The van der Waals surface area contributed by atoms with Crippen LogP contribution in [0.25, 0.3) is 33.1 Å². The van der Waals surface area contributed by atoms with Gasteiger partial charge in [-0.15, -0.1) is 0 Å². The Morgan fingerprint density at radius 2 is 1.48 bits per heavy atom. The summed E-state index contributed by atoms with van der Waals surface area (Å²) in [6, 6.07) is 22.5. The first-order valence-corrected chi connectivity index (χ1v) is 7.53. The molecule has 0 aliphatic heterocycles. The smallest absolute Gasteiger partial charge is 0.133 e. The Labute approximate surface area is 130 Å². The highest BCUT2D eigenvalue weighted by Gasteiger charge is 2.10. The first-order chi connectivity index (χ1) is 10.3. The topological polar surface area (TPSA) is 25.8 Å². The Hall–Kier alpha value is -2.26. The lowest BCUT2D eigenvalue weighted by Crippen LogP contribution is -1.92. The molecule has 0 N–H and O–H groups in total. The van der Waals surface area contributed by atoms with E-state index in [1.165, 1.54) is 5.39 Å². The van der Waals surface area contributed by atoms with Crippen molar-refractivity contribution in [3.63, 3.8) is 0 Å². The van der Waals surface area contributed by atoms with Crippen LogP contribution in [0.15, 0.2) is 71.3 Å². The zero-order valence-corrected chi connectivity index (χ0v) is 12.7. The fourth-order valence-corrected chi connectivity index (χ4v) is 3.04. The van der Waals surface area contributed by atoms with Gasteiger partial charge in [-0.2, -0.15) is 0 Å². The molecule has 2 nitrogen and oxygen atoms in total. The molecule has 0 amide bonds. The highest BCUT2D eigenvalue weighted by molar-refractivity contribution is 9.10. The Balaban J connectivity index is 2.05. The number of fused-ring (bicyclic) bond motifs is 3. The summed E-state index contributed by atoms with van der Waals surface area (Å²) in [5.74, 6) is 0. The molecule has 1 heterocycles. The number of halogens is 1. The molecule has 0 atom stereocenters. The summed E-state index contributed by atoms with van der Waals surface area (Å²) in [7, 11) is 0. The molecule has 0 spiro atoms. The largest absolute Gasteiger partial charge is 0.243 e. The average molecular weight is 335 g/mol. The van der Waals surface area contributed by atoms with Gasteiger partial charge in [0.15, 0.2) is 0 Å². The van der Waals surface area contributed by atoms with E-state index in [-0.39, 0.29) is 0 Å². The molecule has 0 radical (unpaired) electrons. The van der Waals surface area contributed by atoms with Crippen LogP contribution in [-0.4, -0.2) is 9.97 Å². The van der Waals surface area contributed by atoms with Gasteiger partial charge in [0.05, 0.1) is 11.0 Å². The van der Waals surface area contributed by atoms with Gasteiger partial charge in [-0.1, -0.05) is 60.7 Å². The molecule has 4 rings (SSSR count). The molecule has 0 aliphatic carbocycles. The van der Waals surface area contributed by atoms with E-state index in [4.69, 9.17) is 9.97 Å². The second kappa shape index (κ2) is 4.93. The summed E-state index contributed by atoms with van der Waals surface area (Å²) in [6.07, 6.45) is 0. The van der Waals surface area contributed by atoms with Gasteiger partial charge in [0.1, 0.15) is 10.3 Å². The third-order valence-corrected chi connectivity index (χ3v) is 4.12. The number of hydrogen-bond donors (Lipinski definition) is 0. The van der Waals surface area contributed by atoms with Gasteiger partial charge in [0.25, 0.3) is 0 Å². The van der Waals surface area contributed by atoms with E-state index in [2.05, 4.69) is 34.1 Å². The van der Waals surface area contributed by atoms with Crippen LogP contribution in [0.4, 0.5) is 0 Å². The molecule has 0 saturated heterocycles. The van der Waals surface area contributed by atoms with Crippen LogP contribution in [0.1, 0.15) is 0 Å². The van der Waals surface area contributed by atoms with Crippen LogP contribution < -0.4 is 0 Å². The standard InChI is InChI=1S/C18H11BrN2/c19-18-16(13-7-2-1-3-8-13)20-15-11-10-12-6-4-5-9-14(12)17(15)21-18/h1-11H. The van der Waals surface area contributed by atoms with Crippen LogP contribution in [-0.2, 0) is 0 Å². The van der Waals surface area contributed by atoms with E-state index < -0.39 is 0 Å². The Morgan fingerprint density at radius 3 is 2.33 bits per heavy atom. The number of rotatable bonds is 1.